The lowest BCUT2D eigenvalue weighted by Crippen LogP contribution is -2.26. The number of oxime groups is 1. The standard InChI is InChI=1S/C12H12ClF2NOS/c1-12(7-13)5-11(16-17-12)18-6-8-9(14)3-2-4-10(8)15/h2-4H,5-7H2,1H3. The van der Waals surface area contributed by atoms with Crippen molar-refractivity contribution >= 4 is 28.4 Å². The summed E-state index contributed by atoms with van der Waals surface area (Å²) >= 11 is 7.02. The first-order valence-corrected chi connectivity index (χ1v) is 6.93. The summed E-state index contributed by atoms with van der Waals surface area (Å²) in [6, 6.07) is 3.84. The average Bonchev–Trinajstić information content (AvgIpc) is 2.72. The molecule has 0 spiro atoms. The summed E-state index contributed by atoms with van der Waals surface area (Å²) in [6.45, 7) is 1.85. The largest absolute Gasteiger partial charge is 0.387 e. The molecule has 0 N–H and O–H groups in total. The molecule has 0 fully saturated rings. The van der Waals surface area contributed by atoms with E-state index in [9.17, 15) is 8.78 Å². The van der Waals surface area contributed by atoms with Gasteiger partial charge >= 0.3 is 0 Å². The molecule has 1 aliphatic heterocycles. The van der Waals surface area contributed by atoms with E-state index >= 15 is 0 Å². The molecule has 1 aromatic carbocycles. The number of alkyl halides is 1. The molecule has 1 aliphatic rings. The van der Waals surface area contributed by atoms with Crippen molar-refractivity contribution in [2.24, 2.45) is 5.16 Å². The van der Waals surface area contributed by atoms with E-state index in [-0.39, 0.29) is 11.3 Å². The van der Waals surface area contributed by atoms with Gasteiger partial charge in [-0.25, -0.2) is 8.78 Å². The third kappa shape index (κ3) is 2.95. The third-order valence-electron chi connectivity index (χ3n) is 2.62. The van der Waals surface area contributed by atoms with Crippen molar-refractivity contribution in [2.45, 2.75) is 24.7 Å². The molecule has 0 saturated carbocycles. The van der Waals surface area contributed by atoms with Crippen LogP contribution in [-0.4, -0.2) is 16.5 Å². The Bertz CT molecular complexity index is 463. The summed E-state index contributed by atoms with van der Waals surface area (Å²) in [7, 11) is 0. The van der Waals surface area contributed by atoms with E-state index in [4.69, 9.17) is 16.4 Å². The van der Waals surface area contributed by atoms with Gasteiger partial charge in [0, 0.05) is 17.7 Å². The zero-order valence-corrected chi connectivity index (χ0v) is 11.3. The van der Waals surface area contributed by atoms with E-state index in [0.717, 1.165) is 0 Å². The van der Waals surface area contributed by atoms with Crippen LogP contribution in [0.5, 0.6) is 0 Å². The summed E-state index contributed by atoms with van der Waals surface area (Å²) in [6.07, 6.45) is 0.567. The van der Waals surface area contributed by atoms with Gasteiger partial charge in [0.1, 0.15) is 16.7 Å². The molecule has 0 aliphatic carbocycles. The van der Waals surface area contributed by atoms with Gasteiger partial charge in [0.2, 0.25) is 0 Å². The second-order valence-electron chi connectivity index (χ2n) is 4.33. The molecule has 1 unspecified atom stereocenters. The number of nitrogens with zero attached hydrogens (tertiary/aromatic N) is 1. The molecule has 18 heavy (non-hydrogen) atoms. The maximum Gasteiger partial charge on any atom is 0.154 e. The highest BCUT2D eigenvalue weighted by Crippen LogP contribution is 2.31. The maximum atomic E-state index is 13.4. The Hall–Kier alpha value is -0.810. The van der Waals surface area contributed by atoms with Gasteiger partial charge in [-0.1, -0.05) is 11.2 Å². The summed E-state index contributed by atoms with van der Waals surface area (Å²) in [5.41, 5.74) is -0.442. The highest BCUT2D eigenvalue weighted by molar-refractivity contribution is 8.13. The van der Waals surface area contributed by atoms with Gasteiger partial charge in [-0.3, -0.25) is 0 Å². The SMILES string of the molecule is CC1(CCl)CC(SCc2c(F)cccc2F)=NO1. The number of hydrogen-bond donors (Lipinski definition) is 0. The number of halogens is 3. The van der Waals surface area contributed by atoms with E-state index in [1.807, 2.05) is 6.92 Å². The molecule has 2 rings (SSSR count). The summed E-state index contributed by atoms with van der Waals surface area (Å²) < 4.78 is 26.8. The predicted molar refractivity (Wildman–Crippen MR) is 69.9 cm³/mol. The molecular formula is C12H12ClF2NOS. The topological polar surface area (TPSA) is 21.6 Å². The van der Waals surface area contributed by atoms with Crippen LogP contribution < -0.4 is 0 Å². The van der Waals surface area contributed by atoms with Crippen molar-refractivity contribution in [3.63, 3.8) is 0 Å². The Balaban J connectivity index is 1.97. The Morgan fingerprint density at radius 2 is 2.11 bits per heavy atom. The zero-order valence-electron chi connectivity index (χ0n) is 9.75. The van der Waals surface area contributed by atoms with E-state index in [0.29, 0.717) is 17.3 Å². The number of hydrogen-bond acceptors (Lipinski definition) is 3. The van der Waals surface area contributed by atoms with Crippen LogP contribution in [0.3, 0.4) is 0 Å². The molecule has 98 valence electrons. The van der Waals surface area contributed by atoms with E-state index in [2.05, 4.69) is 5.16 Å². The lowest BCUT2D eigenvalue weighted by molar-refractivity contribution is 0.0152. The third-order valence-corrected chi connectivity index (χ3v) is 4.17. The molecule has 0 bridgehead atoms. The minimum Gasteiger partial charge on any atom is -0.387 e. The Morgan fingerprint density at radius 3 is 2.67 bits per heavy atom. The van der Waals surface area contributed by atoms with Crippen LogP contribution in [0.1, 0.15) is 18.9 Å². The molecule has 0 aromatic heterocycles. The van der Waals surface area contributed by atoms with Crippen molar-refractivity contribution < 1.29 is 13.6 Å². The van der Waals surface area contributed by atoms with Gasteiger partial charge in [0.15, 0.2) is 5.60 Å². The Morgan fingerprint density at radius 1 is 1.44 bits per heavy atom. The van der Waals surface area contributed by atoms with Crippen LogP contribution in [0.25, 0.3) is 0 Å². The van der Waals surface area contributed by atoms with Crippen LogP contribution in [0, 0.1) is 11.6 Å². The molecule has 0 saturated heterocycles. The lowest BCUT2D eigenvalue weighted by atomic mass is 10.1. The normalized spacial score (nSPS) is 22.8. The van der Waals surface area contributed by atoms with Gasteiger partial charge < -0.3 is 4.84 Å². The molecule has 0 radical (unpaired) electrons. The zero-order chi connectivity index (χ0) is 13.2. The highest BCUT2D eigenvalue weighted by atomic mass is 35.5. The minimum atomic E-state index is -0.540. The van der Waals surface area contributed by atoms with Crippen molar-refractivity contribution in [1.82, 2.24) is 0 Å². The van der Waals surface area contributed by atoms with Gasteiger partial charge in [-0.2, -0.15) is 0 Å². The van der Waals surface area contributed by atoms with Crippen LogP contribution in [0.15, 0.2) is 23.4 Å². The van der Waals surface area contributed by atoms with E-state index in [1.54, 1.807) is 0 Å². The first kappa shape index (κ1) is 13.6. The molecule has 6 heteroatoms. The van der Waals surface area contributed by atoms with Crippen molar-refractivity contribution in [1.29, 1.82) is 0 Å². The van der Waals surface area contributed by atoms with Crippen LogP contribution >= 0.6 is 23.4 Å². The lowest BCUT2D eigenvalue weighted by Gasteiger charge is -2.16. The van der Waals surface area contributed by atoms with Gasteiger partial charge in [0.25, 0.3) is 0 Å². The molecule has 2 nitrogen and oxygen atoms in total. The fourth-order valence-corrected chi connectivity index (χ4v) is 2.75. The predicted octanol–water partition coefficient (Wildman–Crippen LogP) is 3.93. The van der Waals surface area contributed by atoms with Crippen molar-refractivity contribution in [3.8, 4) is 0 Å². The fourth-order valence-electron chi connectivity index (χ4n) is 1.52. The average molecular weight is 292 g/mol. The number of rotatable bonds is 3. The number of benzene rings is 1. The second kappa shape index (κ2) is 5.45. The molecular weight excluding hydrogens is 280 g/mol. The first-order chi connectivity index (χ1) is 8.54. The van der Waals surface area contributed by atoms with Crippen LogP contribution in [-0.2, 0) is 10.6 Å². The Kier molecular flexibility index (Phi) is 4.12. The summed E-state index contributed by atoms with van der Waals surface area (Å²) in [4.78, 5) is 5.20. The molecule has 1 aromatic rings. The second-order valence-corrected chi connectivity index (χ2v) is 5.64. The smallest absolute Gasteiger partial charge is 0.154 e. The Labute approximate surface area is 113 Å². The summed E-state index contributed by atoms with van der Waals surface area (Å²) in [5.74, 6) is -0.558. The molecule has 1 atom stereocenters. The van der Waals surface area contributed by atoms with Gasteiger partial charge in [0.05, 0.1) is 5.88 Å². The van der Waals surface area contributed by atoms with Crippen molar-refractivity contribution in [3.05, 3.63) is 35.4 Å². The fraction of sp³-hybridized carbons (Fsp3) is 0.417. The van der Waals surface area contributed by atoms with E-state index in [1.165, 1.54) is 30.0 Å². The van der Waals surface area contributed by atoms with Gasteiger partial charge in [-0.05, 0) is 19.1 Å². The minimum absolute atomic E-state index is 0.0599. The monoisotopic (exact) mass is 291 g/mol. The van der Waals surface area contributed by atoms with Gasteiger partial charge in [-0.15, -0.1) is 23.4 Å². The van der Waals surface area contributed by atoms with Crippen LogP contribution in [0.2, 0.25) is 0 Å². The quantitative estimate of drug-likeness (QED) is 0.787. The number of thioether (sulfide) groups is 1. The molecule has 0 amide bonds. The van der Waals surface area contributed by atoms with Crippen LogP contribution in [0.4, 0.5) is 8.78 Å². The molecule has 1 heterocycles. The highest BCUT2D eigenvalue weighted by Gasteiger charge is 2.33. The van der Waals surface area contributed by atoms with Crippen molar-refractivity contribution in [2.75, 3.05) is 5.88 Å². The summed E-state index contributed by atoms with van der Waals surface area (Å²) in [5, 5.41) is 4.59. The van der Waals surface area contributed by atoms with E-state index < -0.39 is 17.2 Å². The maximum absolute atomic E-state index is 13.4. The first-order valence-electron chi connectivity index (χ1n) is 5.41.